The van der Waals surface area contributed by atoms with Crippen molar-refractivity contribution in [3.8, 4) is 0 Å². The van der Waals surface area contributed by atoms with E-state index < -0.39 is 0 Å². The van der Waals surface area contributed by atoms with Crippen molar-refractivity contribution in [1.29, 1.82) is 0 Å². The number of aryl methyl sites for hydroxylation is 1. The molecular formula is C22H25N5O2S. The van der Waals surface area contributed by atoms with Gasteiger partial charge in [0, 0.05) is 17.8 Å². The first-order valence-corrected chi connectivity index (χ1v) is 10.7. The Morgan fingerprint density at radius 3 is 2.53 bits per heavy atom. The standard InChI is InChI=1S/C22H25N5O2S/c1-4-27-19(13-23-21(29)17-10-6-5-7-11-17)25-26-22(27)30-14-20(28)24-18-12-8-9-15(2)16(18)3/h5-12H,4,13-14H2,1-3H3,(H,23,29)(H,24,28). The van der Waals surface area contributed by atoms with Gasteiger partial charge in [-0.25, -0.2) is 0 Å². The minimum atomic E-state index is -0.164. The largest absolute Gasteiger partial charge is 0.345 e. The van der Waals surface area contributed by atoms with Crippen LogP contribution in [-0.2, 0) is 17.9 Å². The lowest BCUT2D eigenvalue weighted by Gasteiger charge is -2.11. The highest BCUT2D eigenvalue weighted by molar-refractivity contribution is 7.99. The predicted octanol–water partition coefficient (Wildman–Crippen LogP) is 3.58. The third-order valence-electron chi connectivity index (χ3n) is 4.76. The van der Waals surface area contributed by atoms with Crippen LogP contribution in [0.4, 0.5) is 5.69 Å². The number of nitrogens with zero attached hydrogens (tertiary/aromatic N) is 3. The van der Waals surface area contributed by atoms with Crippen molar-refractivity contribution in [2.24, 2.45) is 0 Å². The fourth-order valence-electron chi connectivity index (χ4n) is 2.93. The van der Waals surface area contributed by atoms with E-state index in [9.17, 15) is 9.59 Å². The summed E-state index contributed by atoms with van der Waals surface area (Å²) in [5.41, 5.74) is 3.61. The molecule has 3 rings (SSSR count). The van der Waals surface area contributed by atoms with Crippen molar-refractivity contribution in [3.63, 3.8) is 0 Å². The Hall–Kier alpha value is -3.13. The number of anilines is 1. The molecule has 30 heavy (non-hydrogen) atoms. The van der Waals surface area contributed by atoms with Crippen molar-refractivity contribution >= 4 is 29.3 Å². The van der Waals surface area contributed by atoms with Crippen LogP contribution in [-0.4, -0.2) is 32.3 Å². The molecule has 0 fully saturated rings. The van der Waals surface area contributed by atoms with E-state index in [1.807, 2.05) is 61.7 Å². The molecule has 8 heteroatoms. The van der Waals surface area contributed by atoms with Crippen LogP contribution in [0.2, 0.25) is 0 Å². The highest BCUT2D eigenvalue weighted by atomic mass is 32.2. The second-order valence-electron chi connectivity index (χ2n) is 6.78. The summed E-state index contributed by atoms with van der Waals surface area (Å²) in [6.07, 6.45) is 0. The van der Waals surface area contributed by atoms with Crippen LogP contribution in [0.15, 0.2) is 53.7 Å². The third kappa shape index (κ3) is 5.27. The summed E-state index contributed by atoms with van der Waals surface area (Å²) in [6.45, 7) is 6.89. The lowest BCUT2D eigenvalue weighted by atomic mass is 10.1. The van der Waals surface area contributed by atoms with Gasteiger partial charge in [0.25, 0.3) is 5.91 Å². The van der Waals surface area contributed by atoms with Gasteiger partial charge in [0.05, 0.1) is 12.3 Å². The molecule has 0 bridgehead atoms. The van der Waals surface area contributed by atoms with Crippen molar-refractivity contribution < 1.29 is 9.59 Å². The number of aromatic nitrogens is 3. The van der Waals surface area contributed by atoms with Gasteiger partial charge in [-0.15, -0.1) is 10.2 Å². The Morgan fingerprint density at radius 1 is 1.03 bits per heavy atom. The van der Waals surface area contributed by atoms with E-state index in [0.29, 0.717) is 23.1 Å². The number of thioether (sulfide) groups is 1. The summed E-state index contributed by atoms with van der Waals surface area (Å²) in [5.74, 6) is 0.614. The molecule has 7 nitrogen and oxygen atoms in total. The van der Waals surface area contributed by atoms with Gasteiger partial charge in [-0.3, -0.25) is 9.59 Å². The summed E-state index contributed by atoms with van der Waals surface area (Å²) in [6, 6.07) is 14.9. The molecule has 156 valence electrons. The second-order valence-corrected chi connectivity index (χ2v) is 7.72. The summed E-state index contributed by atoms with van der Waals surface area (Å²) in [5, 5.41) is 14.8. The number of hydrogen-bond acceptors (Lipinski definition) is 5. The Bertz CT molecular complexity index is 1030. The molecule has 0 aliphatic rings. The van der Waals surface area contributed by atoms with E-state index in [2.05, 4.69) is 20.8 Å². The minimum absolute atomic E-state index is 0.0988. The van der Waals surface area contributed by atoms with Gasteiger partial charge in [-0.2, -0.15) is 0 Å². The predicted molar refractivity (Wildman–Crippen MR) is 119 cm³/mol. The van der Waals surface area contributed by atoms with Gasteiger partial charge in [0.2, 0.25) is 5.91 Å². The fourth-order valence-corrected chi connectivity index (χ4v) is 3.75. The molecule has 2 aromatic carbocycles. The van der Waals surface area contributed by atoms with Gasteiger partial charge in [-0.05, 0) is 50.1 Å². The van der Waals surface area contributed by atoms with Gasteiger partial charge in [-0.1, -0.05) is 42.1 Å². The zero-order valence-corrected chi connectivity index (χ0v) is 18.1. The molecule has 2 amide bonds. The number of nitrogens with one attached hydrogen (secondary N) is 2. The number of carbonyl (C=O) groups is 2. The van der Waals surface area contributed by atoms with Crippen LogP contribution in [0.25, 0.3) is 0 Å². The van der Waals surface area contributed by atoms with E-state index in [1.165, 1.54) is 11.8 Å². The lowest BCUT2D eigenvalue weighted by molar-refractivity contribution is -0.113. The average molecular weight is 424 g/mol. The molecule has 2 N–H and O–H groups in total. The molecule has 0 atom stereocenters. The minimum Gasteiger partial charge on any atom is -0.345 e. The quantitative estimate of drug-likeness (QED) is 0.541. The number of hydrogen-bond donors (Lipinski definition) is 2. The van der Waals surface area contributed by atoms with Crippen molar-refractivity contribution in [1.82, 2.24) is 20.1 Å². The maximum absolute atomic E-state index is 12.4. The number of amides is 2. The second kappa shape index (κ2) is 10.1. The van der Waals surface area contributed by atoms with Crippen molar-refractivity contribution in [3.05, 3.63) is 71.0 Å². The first-order chi connectivity index (χ1) is 14.5. The number of carbonyl (C=O) groups excluding carboxylic acids is 2. The van der Waals surface area contributed by atoms with Crippen molar-refractivity contribution in [2.45, 2.75) is 39.0 Å². The monoisotopic (exact) mass is 423 g/mol. The van der Waals surface area contributed by atoms with Gasteiger partial charge < -0.3 is 15.2 Å². The SMILES string of the molecule is CCn1c(CNC(=O)c2ccccc2)nnc1SCC(=O)Nc1cccc(C)c1C. The van der Waals surface area contributed by atoms with Crippen LogP contribution < -0.4 is 10.6 Å². The van der Waals surface area contributed by atoms with Crippen LogP contribution >= 0.6 is 11.8 Å². The number of benzene rings is 2. The number of rotatable bonds is 8. The fraction of sp³-hybridized carbons (Fsp3) is 0.273. The highest BCUT2D eigenvalue weighted by Gasteiger charge is 2.15. The van der Waals surface area contributed by atoms with Crippen LogP contribution in [0.1, 0.15) is 34.2 Å². The first-order valence-electron chi connectivity index (χ1n) is 9.73. The van der Waals surface area contributed by atoms with Crippen LogP contribution in [0.3, 0.4) is 0 Å². The van der Waals surface area contributed by atoms with E-state index >= 15 is 0 Å². The summed E-state index contributed by atoms with van der Waals surface area (Å²) in [4.78, 5) is 24.6. The Balaban J connectivity index is 1.58. The molecule has 0 aliphatic carbocycles. The molecule has 0 aliphatic heterocycles. The van der Waals surface area contributed by atoms with E-state index in [1.54, 1.807) is 12.1 Å². The lowest BCUT2D eigenvalue weighted by Crippen LogP contribution is -2.24. The molecule has 1 aromatic heterocycles. The molecule has 0 radical (unpaired) electrons. The molecule has 3 aromatic rings. The van der Waals surface area contributed by atoms with Crippen LogP contribution in [0.5, 0.6) is 0 Å². The maximum Gasteiger partial charge on any atom is 0.251 e. The van der Waals surface area contributed by atoms with Gasteiger partial charge in [0.15, 0.2) is 11.0 Å². The van der Waals surface area contributed by atoms with E-state index in [-0.39, 0.29) is 24.1 Å². The molecule has 0 spiro atoms. The normalized spacial score (nSPS) is 10.6. The Morgan fingerprint density at radius 2 is 1.80 bits per heavy atom. The van der Waals surface area contributed by atoms with Gasteiger partial charge >= 0.3 is 0 Å². The summed E-state index contributed by atoms with van der Waals surface area (Å²) < 4.78 is 1.90. The average Bonchev–Trinajstić information content (AvgIpc) is 3.16. The highest BCUT2D eigenvalue weighted by Crippen LogP contribution is 2.20. The molecule has 0 unspecified atom stereocenters. The summed E-state index contributed by atoms with van der Waals surface area (Å²) >= 11 is 1.33. The third-order valence-corrected chi connectivity index (χ3v) is 5.73. The van der Waals surface area contributed by atoms with Crippen LogP contribution in [0, 0.1) is 13.8 Å². The zero-order chi connectivity index (χ0) is 21.5. The first kappa shape index (κ1) is 21.6. The topological polar surface area (TPSA) is 88.9 Å². The smallest absolute Gasteiger partial charge is 0.251 e. The molecule has 1 heterocycles. The van der Waals surface area contributed by atoms with Gasteiger partial charge in [0.1, 0.15) is 0 Å². The Labute approximate surface area is 180 Å². The zero-order valence-electron chi connectivity index (χ0n) is 17.3. The van der Waals surface area contributed by atoms with E-state index in [4.69, 9.17) is 0 Å². The molecule has 0 saturated heterocycles. The maximum atomic E-state index is 12.4. The Kier molecular flexibility index (Phi) is 7.24. The summed E-state index contributed by atoms with van der Waals surface area (Å²) in [7, 11) is 0. The van der Waals surface area contributed by atoms with Crippen molar-refractivity contribution in [2.75, 3.05) is 11.1 Å². The van der Waals surface area contributed by atoms with E-state index in [0.717, 1.165) is 16.8 Å². The molecular weight excluding hydrogens is 398 g/mol. The molecule has 0 saturated carbocycles.